The van der Waals surface area contributed by atoms with E-state index in [9.17, 15) is 0 Å². The van der Waals surface area contributed by atoms with Gasteiger partial charge in [0, 0.05) is 10.9 Å². The van der Waals surface area contributed by atoms with Gasteiger partial charge in [0.15, 0.2) is 0 Å². The zero-order chi connectivity index (χ0) is 15.7. The maximum absolute atomic E-state index is 5.44. The molecule has 0 aliphatic heterocycles. The Balaban J connectivity index is 2.12. The van der Waals surface area contributed by atoms with Gasteiger partial charge >= 0.3 is 0 Å². The lowest BCUT2D eigenvalue weighted by Crippen LogP contribution is -2.19. The smallest absolute Gasteiger partial charge is 0.226 e. The molecule has 1 aromatic carbocycles. The van der Waals surface area contributed by atoms with Gasteiger partial charge < -0.3 is 4.42 Å². The number of aryl methyl sites for hydroxylation is 1. The first-order valence-corrected chi connectivity index (χ1v) is 8.02. The highest BCUT2D eigenvalue weighted by Gasteiger charge is 2.23. The molecular formula is C20H23NO. The average Bonchev–Trinajstić information content (AvgIpc) is 3.01. The molecule has 3 aromatic rings. The highest BCUT2D eigenvalue weighted by atomic mass is 16.3. The number of hydrogen-bond donors (Lipinski definition) is 0. The van der Waals surface area contributed by atoms with Gasteiger partial charge in [-0.1, -0.05) is 32.4 Å². The SMILES string of the molecule is CCC(C)(CC)c1cc(C)cc(-c2ccc3ccoc3n2)c1. The fourth-order valence-electron chi connectivity index (χ4n) is 2.94. The molecule has 0 unspecified atom stereocenters. The number of rotatable bonds is 4. The molecule has 3 rings (SSSR count). The molecule has 0 radical (unpaired) electrons. The summed E-state index contributed by atoms with van der Waals surface area (Å²) in [7, 11) is 0. The number of furan rings is 1. The van der Waals surface area contributed by atoms with Crippen LogP contribution in [0, 0.1) is 6.92 Å². The van der Waals surface area contributed by atoms with Crippen molar-refractivity contribution in [3.63, 3.8) is 0 Å². The van der Waals surface area contributed by atoms with Crippen molar-refractivity contribution >= 4 is 11.1 Å². The van der Waals surface area contributed by atoms with Crippen LogP contribution < -0.4 is 0 Å². The molecule has 2 aromatic heterocycles. The van der Waals surface area contributed by atoms with Gasteiger partial charge in [-0.25, -0.2) is 4.98 Å². The fraction of sp³-hybridized carbons (Fsp3) is 0.350. The minimum absolute atomic E-state index is 0.218. The molecule has 22 heavy (non-hydrogen) atoms. The highest BCUT2D eigenvalue weighted by molar-refractivity contribution is 5.77. The van der Waals surface area contributed by atoms with E-state index in [1.54, 1.807) is 6.26 Å². The molecule has 0 saturated carbocycles. The lowest BCUT2D eigenvalue weighted by atomic mass is 9.77. The van der Waals surface area contributed by atoms with Gasteiger partial charge in [0.05, 0.1) is 12.0 Å². The number of pyridine rings is 1. The van der Waals surface area contributed by atoms with Crippen molar-refractivity contribution in [1.29, 1.82) is 0 Å². The largest absolute Gasteiger partial charge is 0.446 e. The van der Waals surface area contributed by atoms with E-state index in [4.69, 9.17) is 4.42 Å². The van der Waals surface area contributed by atoms with E-state index in [0.29, 0.717) is 5.71 Å². The number of benzene rings is 1. The first kappa shape index (κ1) is 14.8. The zero-order valence-electron chi connectivity index (χ0n) is 13.8. The summed E-state index contributed by atoms with van der Waals surface area (Å²) in [5.74, 6) is 0. The molecule has 0 aliphatic rings. The number of fused-ring (bicyclic) bond motifs is 1. The van der Waals surface area contributed by atoms with Crippen molar-refractivity contribution in [2.24, 2.45) is 0 Å². The second kappa shape index (κ2) is 5.60. The van der Waals surface area contributed by atoms with Crippen molar-refractivity contribution < 1.29 is 4.42 Å². The van der Waals surface area contributed by atoms with Crippen LogP contribution in [0.15, 0.2) is 47.1 Å². The van der Waals surface area contributed by atoms with Gasteiger partial charge in [0.1, 0.15) is 0 Å². The summed E-state index contributed by atoms with van der Waals surface area (Å²) in [6.45, 7) is 9.02. The summed E-state index contributed by atoms with van der Waals surface area (Å²) >= 11 is 0. The van der Waals surface area contributed by atoms with Gasteiger partial charge in [0.25, 0.3) is 0 Å². The van der Waals surface area contributed by atoms with Crippen LogP contribution in [0.2, 0.25) is 0 Å². The van der Waals surface area contributed by atoms with Crippen LogP contribution in [0.5, 0.6) is 0 Å². The van der Waals surface area contributed by atoms with E-state index >= 15 is 0 Å². The van der Waals surface area contributed by atoms with Gasteiger partial charge in [-0.05, 0) is 61.1 Å². The fourth-order valence-corrected chi connectivity index (χ4v) is 2.94. The first-order valence-electron chi connectivity index (χ1n) is 8.02. The first-order chi connectivity index (χ1) is 10.6. The van der Waals surface area contributed by atoms with Crippen LogP contribution in [-0.2, 0) is 5.41 Å². The summed E-state index contributed by atoms with van der Waals surface area (Å²) in [5, 5.41) is 1.04. The molecule has 0 N–H and O–H groups in total. The van der Waals surface area contributed by atoms with Gasteiger partial charge in [-0.15, -0.1) is 0 Å². The van der Waals surface area contributed by atoms with Crippen molar-refractivity contribution in [3.05, 3.63) is 53.8 Å². The van der Waals surface area contributed by atoms with E-state index in [1.165, 1.54) is 16.7 Å². The monoisotopic (exact) mass is 293 g/mol. The Bertz CT molecular complexity index is 796. The third-order valence-electron chi connectivity index (χ3n) is 4.95. The van der Waals surface area contributed by atoms with E-state index in [1.807, 2.05) is 6.07 Å². The van der Waals surface area contributed by atoms with Crippen LogP contribution in [0.25, 0.3) is 22.4 Å². The van der Waals surface area contributed by atoms with E-state index in [2.05, 4.69) is 63.0 Å². The van der Waals surface area contributed by atoms with Crippen LogP contribution in [0.1, 0.15) is 44.7 Å². The van der Waals surface area contributed by atoms with Gasteiger partial charge in [-0.2, -0.15) is 0 Å². The predicted molar refractivity (Wildman–Crippen MR) is 92.1 cm³/mol. The molecular weight excluding hydrogens is 270 g/mol. The average molecular weight is 293 g/mol. The van der Waals surface area contributed by atoms with E-state index in [-0.39, 0.29) is 5.41 Å². The van der Waals surface area contributed by atoms with Crippen LogP contribution in [0.4, 0.5) is 0 Å². The Kier molecular flexibility index (Phi) is 3.78. The molecule has 114 valence electrons. The lowest BCUT2D eigenvalue weighted by molar-refractivity contribution is 0.439. The minimum atomic E-state index is 0.218. The number of aromatic nitrogens is 1. The maximum Gasteiger partial charge on any atom is 0.226 e. The van der Waals surface area contributed by atoms with E-state index < -0.39 is 0 Å². The molecule has 2 heteroatoms. The predicted octanol–water partition coefficient (Wildman–Crippen LogP) is 5.88. The number of nitrogens with zero attached hydrogens (tertiary/aromatic N) is 1. The molecule has 0 fully saturated rings. The summed E-state index contributed by atoms with van der Waals surface area (Å²) < 4.78 is 5.44. The normalized spacial score (nSPS) is 12.0. The Morgan fingerprint density at radius 2 is 1.82 bits per heavy atom. The molecule has 0 amide bonds. The summed E-state index contributed by atoms with van der Waals surface area (Å²) in [6, 6.07) is 12.9. The molecule has 0 saturated heterocycles. The Morgan fingerprint density at radius 3 is 2.55 bits per heavy atom. The van der Waals surface area contributed by atoms with Gasteiger partial charge in [-0.3, -0.25) is 0 Å². The standard InChI is InChI=1S/C20H23NO/c1-5-20(4,6-2)17-12-14(3)11-16(13-17)18-8-7-15-9-10-22-19(15)21-18/h7-13H,5-6H2,1-4H3. The topological polar surface area (TPSA) is 26.0 Å². The molecule has 0 aliphatic carbocycles. The zero-order valence-corrected chi connectivity index (χ0v) is 13.8. The Labute approximate surface area is 132 Å². The van der Waals surface area contributed by atoms with E-state index in [0.717, 1.165) is 23.9 Å². The van der Waals surface area contributed by atoms with Crippen molar-refractivity contribution in [2.75, 3.05) is 0 Å². The molecule has 2 heterocycles. The minimum Gasteiger partial charge on any atom is -0.446 e. The molecule has 2 nitrogen and oxygen atoms in total. The molecule has 0 spiro atoms. The van der Waals surface area contributed by atoms with Crippen LogP contribution >= 0.6 is 0 Å². The van der Waals surface area contributed by atoms with Crippen molar-refractivity contribution in [3.8, 4) is 11.3 Å². The summed E-state index contributed by atoms with van der Waals surface area (Å²) in [4.78, 5) is 4.65. The van der Waals surface area contributed by atoms with Crippen molar-refractivity contribution in [1.82, 2.24) is 4.98 Å². The second-order valence-corrected chi connectivity index (χ2v) is 6.37. The molecule has 0 bridgehead atoms. The maximum atomic E-state index is 5.44. The Hall–Kier alpha value is -2.09. The highest BCUT2D eigenvalue weighted by Crippen LogP contribution is 2.34. The van der Waals surface area contributed by atoms with Crippen LogP contribution in [0.3, 0.4) is 0 Å². The third kappa shape index (κ3) is 2.54. The summed E-state index contributed by atoms with van der Waals surface area (Å²) in [6.07, 6.45) is 3.96. The third-order valence-corrected chi connectivity index (χ3v) is 4.95. The Morgan fingerprint density at radius 1 is 1.05 bits per heavy atom. The summed E-state index contributed by atoms with van der Waals surface area (Å²) in [5.41, 5.74) is 5.74. The lowest BCUT2D eigenvalue weighted by Gasteiger charge is -2.28. The van der Waals surface area contributed by atoms with Crippen molar-refractivity contribution in [2.45, 2.75) is 46.0 Å². The second-order valence-electron chi connectivity index (χ2n) is 6.37. The molecule has 0 atom stereocenters. The van der Waals surface area contributed by atoms with Crippen LogP contribution in [-0.4, -0.2) is 4.98 Å². The quantitative estimate of drug-likeness (QED) is 0.600. The van der Waals surface area contributed by atoms with Gasteiger partial charge in [0.2, 0.25) is 5.71 Å². The number of hydrogen-bond acceptors (Lipinski definition) is 2.